The second-order valence-electron chi connectivity index (χ2n) is 4.21. The van der Waals surface area contributed by atoms with E-state index in [1.807, 2.05) is 12.1 Å². The summed E-state index contributed by atoms with van der Waals surface area (Å²) in [6.07, 6.45) is 6.03. The van der Waals surface area contributed by atoms with E-state index in [2.05, 4.69) is 15.1 Å². The molecule has 90 valence electrons. The molecule has 2 N–H and O–H groups in total. The van der Waals surface area contributed by atoms with Crippen molar-refractivity contribution in [2.24, 2.45) is 5.73 Å². The highest BCUT2D eigenvalue weighted by Gasteiger charge is 2.45. The molecule has 0 amide bonds. The van der Waals surface area contributed by atoms with E-state index in [0.29, 0.717) is 18.1 Å². The van der Waals surface area contributed by atoms with Crippen molar-refractivity contribution in [3.05, 3.63) is 41.8 Å². The quantitative estimate of drug-likeness (QED) is 0.894. The molecule has 1 fully saturated rings. The molecule has 0 aliphatic heterocycles. The highest BCUT2D eigenvalue weighted by molar-refractivity contribution is 5.85. The zero-order valence-electron chi connectivity index (χ0n) is 9.17. The molecule has 0 bridgehead atoms. The normalized spacial score (nSPS) is 16.3. The first-order valence-electron chi connectivity index (χ1n) is 5.27. The van der Waals surface area contributed by atoms with Crippen molar-refractivity contribution in [2.75, 3.05) is 0 Å². The summed E-state index contributed by atoms with van der Waals surface area (Å²) >= 11 is 0. The molecule has 0 saturated heterocycles. The van der Waals surface area contributed by atoms with Crippen LogP contribution in [-0.4, -0.2) is 15.1 Å². The topological polar surface area (TPSA) is 77.8 Å². The van der Waals surface area contributed by atoms with Gasteiger partial charge in [0.15, 0.2) is 5.82 Å². The Balaban J connectivity index is 0.00000108. The highest BCUT2D eigenvalue weighted by Crippen LogP contribution is 2.41. The van der Waals surface area contributed by atoms with Crippen LogP contribution in [0.4, 0.5) is 0 Å². The third kappa shape index (κ3) is 2.45. The average molecular weight is 253 g/mol. The molecule has 6 heteroatoms. The van der Waals surface area contributed by atoms with Crippen molar-refractivity contribution in [3.8, 4) is 0 Å². The lowest BCUT2D eigenvalue weighted by Crippen LogP contribution is -2.19. The number of aromatic nitrogens is 3. The summed E-state index contributed by atoms with van der Waals surface area (Å²) in [6.45, 7) is 0. The minimum absolute atomic E-state index is 0. The fraction of sp³-hybridized carbons (Fsp3) is 0.364. The maximum absolute atomic E-state index is 5.97. The standard InChI is InChI=1S/C11H12N4O.ClH/c12-11(3-4-11)10-14-9(15-16-10)6-8-2-1-5-13-7-8;/h1-2,5,7H,3-4,6,12H2;1H. The van der Waals surface area contributed by atoms with Crippen LogP contribution in [0.15, 0.2) is 29.0 Å². The maximum Gasteiger partial charge on any atom is 0.246 e. The third-order valence-electron chi connectivity index (χ3n) is 2.77. The molecule has 0 spiro atoms. The van der Waals surface area contributed by atoms with E-state index in [-0.39, 0.29) is 17.9 Å². The van der Waals surface area contributed by atoms with E-state index in [1.165, 1.54) is 0 Å². The van der Waals surface area contributed by atoms with Crippen molar-refractivity contribution in [3.63, 3.8) is 0 Å². The number of rotatable bonds is 3. The lowest BCUT2D eigenvalue weighted by molar-refractivity contribution is 0.344. The van der Waals surface area contributed by atoms with Gasteiger partial charge in [0.05, 0.1) is 5.54 Å². The Morgan fingerprint density at radius 3 is 2.88 bits per heavy atom. The van der Waals surface area contributed by atoms with E-state index in [4.69, 9.17) is 10.3 Å². The molecule has 1 aliphatic rings. The SMILES string of the molecule is Cl.NC1(c2nc(Cc3cccnc3)no2)CC1. The van der Waals surface area contributed by atoms with Gasteiger partial charge in [-0.15, -0.1) is 12.4 Å². The Bertz CT molecular complexity index is 495. The third-order valence-corrected chi connectivity index (χ3v) is 2.77. The van der Waals surface area contributed by atoms with Gasteiger partial charge in [0.1, 0.15) is 0 Å². The van der Waals surface area contributed by atoms with Gasteiger partial charge in [-0.2, -0.15) is 4.98 Å². The second kappa shape index (κ2) is 4.43. The molecule has 5 nitrogen and oxygen atoms in total. The number of hydrogen-bond acceptors (Lipinski definition) is 5. The van der Waals surface area contributed by atoms with Gasteiger partial charge in [-0.3, -0.25) is 4.98 Å². The fourth-order valence-electron chi connectivity index (χ4n) is 1.56. The molecule has 2 aromatic heterocycles. The largest absolute Gasteiger partial charge is 0.337 e. The van der Waals surface area contributed by atoms with Crippen molar-refractivity contribution in [2.45, 2.75) is 24.8 Å². The van der Waals surface area contributed by atoms with Crippen LogP contribution in [-0.2, 0) is 12.0 Å². The summed E-state index contributed by atoms with van der Waals surface area (Å²) in [7, 11) is 0. The zero-order chi connectivity index (χ0) is 11.0. The number of nitrogens with two attached hydrogens (primary N) is 1. The predicted molar refractivity (Wildman–Crippen MR) is 63.7 cm³/mol. The van der Waals surface area contributed by atoms with Gasteiger partial charge in [-0.1, -0.05) is 11.2 Å². The van der Waals surface area contributed by atoms with Crippen LogP contribution < -0.4 is 5.73 Å². The van der Waals surface area contributed by atoms with Gasteiger partial charge >= 0.3 is 0 Å². The predicted octanol–water partition coefficient (Wildman–Crippen LogP) is 1.43. The minimum Gasteiger partial charge on any atom is -0.337 e. The molecule has 3 rings (SSSR count). The van der Waals surface area contributed by atoms with Crippen LogP contribution >= 0.6 is 12.4 Å². The van der Waals surface area contributed by atoms with Gasteiger partial charge in [-0.05, 0) is 24.5 Å². The first-order chi connectivity index (χ1) is 7.76. The van der Waals surface area contributed by atoms with E-state index in [1.54, 1.807) is 12.4 Å². The number of nitrogens with zero attached hydrogens (tertiary/aromatic N) is 3. The smallest absolute Gasteiger partial charge is 0.246 e. The van der Waals surface area contributed by atoms with Crippen molar-refractivity contribution in [1.82, 2.24) is 15.1 Å². The molecule has 0 unspecified atom stereocenters. The summed E-state index contributed by atoms with van der Waals surface area (Å²) in [5.74, 6) is 1.23. The summed E-state index contributed by atoms with van der Waals surface area (Å²) in [5.41, 5.74) is 6.69. The molecule has 0 radical (unpaired) electrons. The highest BCUT2D eigenvalue weighted by atomic mass is 35.5. The molecular weight excluding hydrogens is 240 g/mol. The lowest BCUT2D eigenvalue weighted by Gasteiger charge is -1.98. The van der Waals surface area contributed by atoms with Crippen LogP contribution in [0.3, 0.4) is 0 Å². The Morgan fingerprint density at radius 2 is 2.24 bits per heavy atom. The Kier molecular flexibility index (Phi) is 3.13. The lowest BCUT2D eigenvalue weighted by atomic mass is 10.2. The van der Waals surface area contributed by atoms with Crippen LogP contribution in [0.5, 0.6) is 0 Å². The molecule has 1 aliphatic carbocycles. The van der Waals surface area contributed by atoms with Gasteiger partial charge in [0.2, 0.25) is 5.89 Å². The molecule has 0 aromatic carbocycles. The molecule has 0 atom stereocenters. The van der Waals surface area contributed by atoms with Crippen LogP contribution in [0.1, 0.15) is 30.1 Å². The monoisotopic (exact) mass is 252 g/mol. The summed E-state index contributed by atoms with van der Waals surface area (Å²) in [4.78, 5) is 8.35. The van der Waals surface area contributed by atoms with E-state index < -0.39 is 0 Å². The molecule has 1 saturated carbocycles. The Labute approximate surface area is 105 Å². The summed E-state index contributed by atoms with van der Waals surface area (Å²) in [5, 5.41) is 3.92. The first-order valence-corrected chi connectivity index (χ1v) is 5.27. The molecule has 17 heavy (non-hydrogen) atoms. The van der Waals surface area contributed by atoms with Gasteiger partial charge in [0, 0.05) is 18.8 Å². The van der Waals surface area contributed by atoms with Crippen molar-refractivity contribution < 1.29 is 4.52 Å². The molecule has 2 aromatic rings. The van der Waals surface area contributed by atoms with Crippen LogP contribution in [0.2, 0.25) is 0 Å². The minimum atomic E-state index is -0.347. The van der Waals surface area contributed by atoms with Gasteiger partial charge in [-0.25, -0.2) is 0 Å². The van der Waals surface area contributed by atoms with Crippen LogP contribution in [0.25, 0.3) is 0 Å². The van der Waals surface area contributed by atoms with Gasteiger partial charge < -0.3 is 10.3 Å². The molecular formula is C11H13ClN4O. The van der Waals surface area contributed by atoms with Crippen LogP contribution in [0, 0.1) is 0 Å². The second-order valence-corrected chi connectivity index (χ2v) is 4.21. The number of pyridine rings is 1. The average Bonchev–Trinajstić information content (AvgIpc) is 2.88. The fourth-order valence-corrected chi connectivity index (χ4v) is 1.56. The molecule has 2 heterocycles. The summed E-state index contributed by atoms with van der Waals surface area (Å²) < 4.78 is 5.16. The summed E-state index contributed by atoms with van der Waals surface area (Å²) in [6, 6.07) is 3.88. The Hall–Kier alpha value is -1.46. The Morgan fingerprint density at radius 1 is 1.41 bits per heavy atom. The maximum atomic E-state index is 5.97. The van der Waals surface area contributed by atoms with Gasteiger partial charge in [0.25, 0.3) is 0 Å². The number of halogens is 1. The van der Waals surface area contributed by atoms with E-state index in [0.717, 1.165) is 18.4 Å². The first kappa shape index (κ1) is 12.0. The zero-order valence-corrected chi connectivity index (χ0v) is 9.98. The van der Waals surface area contributed by atoms with E-state index in [9.17, 15) is 0 Å². The number of hydrogen-bond donors (Lipinski definition) is 1. The van der Waals surface area contributed by atoms with E-state index >= 15 is 0 Å². The van der Waals surface area contributed by atoms with Crippen molar-refractivity contribution >= 4 is 12.4 Å². The van der Waals surface area contributed by atoms with Crippen molar-refractivity contribution in [1.29, 1.82) is 0 Å².